The van der Waals surface area contributed by atoms with Crippen LogP contribution in [0.4, 0.5) is 0 Å². The molecule has 0 atom stereocenters. The molecule has 1 saturated carbocycles. The molecule has 2 aromatic rings. The van der Waals surface area contributed by atoms with Crippen molar-refractivity contribution in [1.29, 1.82) is 0 Å². The van der Waals surface area contributed by atoms with E-state index in [2.05, 4.69) is 52.1 Å². The van der Waals surface area contributed by atoms with Crippen LogP contribution in [-0.2, 0) is 0 Å². The predicted molar refractivity (Wildman–Crippen MR) is 72.0 cm³/mol. The molecule has 1 aliphatic carbocycles. The van der Waals surface area contributed by atoms with E-state index in [4.69, 9.17) is 0 Å². The summed E-state index contributed by atoms with van der Waals surface area (Å²) in [6, 6.07) is 8.45. The number of aromatic nitrogens is 1. The van der Waals surface area contributed by atoms with Crippen molar-refractivity contribution >= 4 is 27.3 Å². The van der Waals surface area contributed by atoms with Gasteiger partial charge < -0.3 is 0 Å². The molecule has 3 rings (SSSR count). The summed E-state index contributed by atoms with van der Waals surface area (Å²) in [7, 11) is 0. The Kier molecular flexibility index (Phi) is 2.60. The molecule has 1 aromatic carbocycles. The Morgan fingerprint density at radius 3 is 2.88 bits per heavy atom. The molecule has 3 heteroatoms. The van der Waals surface area contributed by atoms with E-state index in [1.54, 1.807) is 0 Å². The number of aryl methyl sites for hydroxylation is 1. The lowest BCUT2D eigenvalue weighted by Gasteiger charge is -1.98. The van der Waals surface area contributed by atoms with E-state index in [1.165, 1.54) is 34.0 Å². The number of benzene rings is 1. The third kappa shape index (κ3) is 1.94. The van der Waals surface area contributed by atoms with Crippen molar-refractivity contribution in [1.82, 2.24) is 4.98 Å². The average molecular weight is 294 g/mol. The van der Waals surface area contributed by atoms with Crippen LogP contribution in [0.25, 0.3) is 10.4 Å². The van der Waals surface area contributed by atoms with Gasteiger partial charge in [-0.25, -0.2) is 4.98 Å². The van der Waals surface area contributed by atoms with Gasteiger partial charge in [-0.2, -0.15) is 0 Å². The minimum Gasteiger partial charge on any atom is -0.246 e. The SMILES string of the molecule is Cc1nc(C2CC2)sc1-c1cccc(Br)c1. The van der Waals surface area contributed by atoms with Crippen molar-refractivity contribution in [2.24, 2.45) is 0 Å². The standard InChI is InChI=1S/C13H12BrNS/c1-8-12(10-3-2-4-11(14)7-10)16-13(15-8)9-5-6-9/h2-4,7,9H,5-6H2,1H3. The lowest BCUT2D eigenvalue weighted by Crippen LogP contribution is -1.78. The van der Waals surface area contributed by atoms with Crippen LogP contribution < -0.4 is 0 Å². The molecule has 16 heavy (non-hydrogen) atoms. The lowest BCUT2D eigenvalue weighted by atomic mass is 10.2. The second-order valence-electron chi connectivity index (χ2n) is 4.25. The summed E-state index contributed by atoms with van der Waals surface area (Å²) >= 11 is 5.38. The number of hydrogen-bond donors (Lipinski definition) is 0. The van der Waals surface area contributed by atoms with Gasteiger partial charge in [0.15, 0.2) is 0 Å². The highest BCUT2D eigenvalue weighted by molar-refractivity contribution is 9.10. The van der Waals surface area contributed by atoms with Gasteiger partial charge in [-0.05, 0) is 37.5 Å². The van der Waals surface area contributed by atoms with Gasteiger partial charge in [0, 0.05) is 10.4 Å². The second kappa shape index (κ2) is 3.97. The highest BCUT2D eigenvalue weighted by Crippen LogP contribution is 2.44. The normalized spacial score (nSPS) is 15.4. The zero-order valence-corrected chi connectivity index (χ0v) is 11.4. The molecule has 82 valence electrons. The first-order valence-electron chi connectivity index (χ1n) is 5.47. The van der Waals surface area contributed by atoms with Crippen LogP contribution >= 0.6 is 27.3 Å². The van der Waals surface area contributed by atoms with Gasteiger partial charge in [-0.1, -0.05) is 28.1 Å². The summed E-state index contributed by atoms with van der Waals surface area (Å²) in [5, 5.41) is 1.33. The smallest absolute Gasteiger partial charge is 0.0965 e. The van der Waals surface area contributed by atoms with E-state index < -0.39 is 0 Å². The molecule has 0 N–H and O–H groups in total. The largest absolute Gasteiger partial charge is 0.246 e. The second-order valence-corrected chi connectivity index (χ2v) is 6.20. The molecular formula is C13H12BrNS. The monoisotopic (exact) mass is 293 g/mol. The third-order valence-electron chi connectivity index (χ3n) is 2.83. The van der Waals surface area contributed by atoms with Crippen LogP contribution in [0.1, 0.15) is 29.5 Å². The van der Waals surface area contributed by atoms with Gasteiger partial charge >= 0.3 is 0 Å². The quantitative estimate of drug-likeness (QED) is 0.778. The molecule has 0 unspecified atom stereocenters. The van der Waals surface area contributed by atoms with Crippen molar-refractivity contribution in [3.63, 3.8) is 0 Å². The van der Waals surface area contributed by atoms with Crippen LogP contribution in [0.3, 0.4) is 0 Å². The van der Waals surface area contributed by atoms with Crippen LogP contribution in [0, 0.1) is 6.92 Å². The maximum Gasteiger partial charge on any atom is 0.0965 e. The van der Waals surface area contributed by atoms with Gasteiger partial charge in [-0.3, -0.25) is 0 Å². The fourth-order valence-electron chi connectivity index (χ4n) is 1.82. The summed E-state index contributed by atoms with van der Waals surface area (Å²) in [4.78, 5) is 6.00. The Bertz CT molecular complexity index is 528. The lowest BCUT2D eigenvalue weighted by molar-refractivity contribution is 1.06. The first-order chi connectivity index (χ1) is 7.74. The van der Waals surface area contributed by atoms with E-state index >= 15 is 0 Å². The maximum absolute atomic E-state index is 4.68. The first kappa shape index (κ1) is 10.5. The Balaban J connectivity index is 2.04. The molecule has 0 aliphatic heterocycles. The Hall–Kier alpha value is -0.670. The highest BCUT2D eigenvalue weighted by atomic mass is 79.9. The van der Waals surface area contributed by atoms with Crippen molar-refractivity contribution in [2.45, 2.75) is 25.7 Å². The minimum absolute atomic E-state index is 0.754. The van der Waals surface area contributed by atoms with Gasteiger partial charge in [0.1, 0.15) is 0 Å². The third-order valence-corrected chi connectivity index (χ3v) is 4.69. The highest BCUT2D eigenvalue weighted by Gasteiger charge is 2.27. The van der Waals surface area contributed by atoms with Gasteiger partial charge in [0.05, 0.1) is 15.6 Å². The molecule has 1 aromatic heterocycles. The molecule has 1 heterocycles. The fraction of sp³-hybridized carbons (Fsp3) is 0.308. The predicted octanol–water partition coefficient (Wildman–Crippen LogP) is 4.76. The Morgan fingerprint density at radius 1 is 1.38 bits per heavy atom. The van der Waals surface area contributed by atoms with Crippen molar-refractivity contribution < 1.29 is 0 Å². The van der Waals surface area contributed by atoms with E-state index in [-0.39, 0.29) is 0 Å². The minimum atomic E-state index is 0.754. The molecule has 0 radical (unpaired) electrons. The Morgan fingerprint density at radius 2 is 2.19 bits per heavy atom. The van der Waals surface area contributed by atoms with E-state index in [1.807, 2.05) is 11.3 Å². The maximum atomic E-state index is 4.68. The molecule has 1 nitrogen and oxygen atoms in total. The summed E-state index contributed by atoms with van der Waals surface area (Å²) in [5.74, 6) is 0.754. The van der Waals surface area contributed by atoms with E-state index in [9.17, 15) is 0 Å². The number of rotatable bonds is 2. The first-order valence-corrected chi connectivity index (χ1v) is 7.08. The van der Waals surface area contributed by atoms with E-state index in [0.717, 1.165) is 10.4 Å². The van der Waals surface area contributed by atoms with Crippen LogP contribution in [-0.4, -0.2) is 4.98 Å². The number of hydrogen-bond acceptors (Lipinski definition) is 2. The van der Waals surface area contributed by atoms with Gasteiger partial charge in [0.25, 0.3) is 0 Å². The van der Waals surface area contributed by atoms with Gasteiger partial charge in [-0.15, -0.1) is 11.3 Å². The Labute approximate surface area is 108 Å². The summed E-state index contributed by atoms with van der Waals surface area (Å²) < 4.78 is 1.13. The van der Waals surface area contributed by atoms with Crippen LogP contribution in [0.2, 0.25) is 0 Å². The molecule has 1 fully saturated rings. The molecule has 1 aliphatic rings. The summed E-state index contributed by atoms with van der Waals surface area (Å²) in [6.07, 6.45) is 2.65. The van der Waals surface area contributed by atoms with Crippen LogP contribution in [0.15, 0.2) is 28.7 Å². The molecule has 0 bridgehead atoms. The molecular weight excluding hydrogens is 282 g/mol. The number of nitrogens with zero attached hydrogens (tertiary/aromatic N) is 1. The fourth-order valence-corrected chi connectivity index (χ4v) is 3.45. The molecule has 0 saturated heterocycles. The molecule has 0 amide bonds. The average Bonchev–Trinajstić information content (AvgIpc) is 3.02. The molecule has 0 spiro atoms. The van der Waals surface area contributed by atoms with Crippen LogP contribution in [0.5, 0.6) is 0 Å². The summed E-state index contributed by atoms with van der Waals surface area (Å²) in [6.45, 7) is 2.11. The topological polar surface area (TPSA) is 12.9 Å². The van der Waals surface area contributed by atoms with Crippen molar-refractivity contribution in [2.75, 3.05) is 0 Å². The van der Waals surface area contributed by atoms with Gasteiger partial charge in [0.2, 0.25) is 0 Å². The van der Waals surface area contributed by atoms with Crippen molar-refractivity contribution in [3.8, 4) is 10.4 Å². The zero-order valence-electron chi connectivity index (χ0n) is 9.03. The summed E-state index contributed by atoms with van der Waals surface area (Å²) in [5.41, 5.74) is 2.45. The number of thiazole rings is 1. The van der Waals surface area contributed by atoms with E-state index in [0.29, 0.717) is 0 Å². The van der Waals surface area contributed by atoms with Crippen molar-refractivity contribution in [3.05, 3.63) is 39.4 Å². The number of halogens is 1. The zero-order chi connectivity index (χ0) is 11.1.